The molecule has 2 aliphatic rings. The number of carbonyl (C=O) groups excluding carboxylic acids is 4. The fraction of sp³-hybridized carbons (Fsp3) is 0.412. The number of imide groups is 1. The number of urea groups is 1. The first kappa shape index (κ1) is 17.7. The number of methoxy groups -OCH3 is 1. The maximum atomic E-state index is 12.4. The third kappa shape index (κ3) is 3.76. The molecule has 9 heteroatoms. The molecule has 1 aromatic rings. The summed E-state index contributed by atoms with van der Waals surface area (Å²) in [5.74, 6) is -0.0930. The Hall–Kier alpha value is -3.10. The van der Waals surface area contributed by atoms with Crippen molar-refractivity contribution >= 4 is 29.4 Å². The Labute approximate surface area is 150 Å². The number of hydrogen-bond acceptors (Lipinski definition) is 5. The molecule has 5 amide bonds. The molecule has 0 radical (unpaired) electrons. The molecule has 2 saturated heterocycles. The Morgan fingerprint density at radius 2 is 1.92 bits per heavy atom. The van der Waals surface area contributed by atoms with E-state index in [-0.39, 0.29) is 31.2 Å². The van der Waals surface area contributed by atoms with Gasteiger partial charge in [-0.25, -0.2) is 4.79 Å². The van der Waals surface area contributed by atoms with Crippen LogP contribution in [0.25, 0.3) is 0 Å². The fourth-order valence-electron chi connectivity index (χ4n) is 3.01. The van der Waals surface area contributed by atoms with Gasteiger partial charge in [-0.3, -0.25) is 19.7 Å². The molecule has 0 spiro atoms. The minimum absolute atomic E-state index is 0.00587. The van der Waals surface area contributed by atoms with E-state index in [2.05, 4.69) is 10.6 Å². The van der Waals surface area contributed by atoms with E-state index in [9.17, 15) is 19.2 Å². The van der Waals surface area contributed by atoms with E-state index < -0.39 is 18.0 Å². The van der Waals surface area contributed by atoms with Gasteiger partial charge in [-0.1, -0.05) is 0 Å². The van der Waals surface area contributed by atoms with Gasteiger partial charge in [-0.15, -0.1) is 0 Å². The minimum atomic E-state index is -0.692. The van der Waals surface area contributed by atoms with Gasteiger partial charge in [0, 0.05) is 25.2 Å². The highest BCUT2D eigenvalue weighted by Crippen LogP contribution is 2.21. The topological polar surface area (TPSA) is 108 Å². The van der Waals surface area contributed by atoms with Crippen molar-refractivity contribution in [2.75, 3.05) is 31.6 Å². The molecule has 2 N–H and O–H groups in total. The summed E-state index contributed by atoms with van der Waals surface area (Å²) < 4.78 is 5.10. The number of benzene rings is 1. The standard InChI is InChI=1S/C17H20N4O5/c1-26-12-4-2-11(3-5-12)21-9-8-20(10-15(21)23)14(22)7-6-13-16(24)19-17(25)18-13/h2-5,13H,6-10H2,1H3,(H2,18,19,24,25)/t13-/m0/s1. The molecule has 26 heavy (non-hydrogen) atoms. The van der Waals surface area contributed by atoms with E-state index in [1.54, 1.807) is 36.3 Å². The molecule has 1 atom stereocenters. The number of hydrogen-bond donors (Lipinski definition) is 2. The van der Waals surface area contributed by atoms with E-state index in [1.165, 1.54) is 4.90 Å². The lowest BCUT2D eigenvalue weighted by atomic mass is 10.1. The molecule has 3 rings (SSSR count). The summed E-state index contributed by atoms with van der Waals surface area (Å²) in [6.45, 7) is 0.811. The highest BCUT2D eigenvalue weighted by molar-refractivity contribution is 6.04. The maximum absolute atomic E-state index is 12.4. The quantitative estimate of drug-likeness (QED) is 0.711. The van der Waals surface area contributed by atoms with Crippen molar-refractivity contribution in [3.05, 3.63) is 24.3 Å². The molecule has 0 unspecified atom stereocenters. The molecule has 0 bridgehead atoms. The first-order valence-corrected chi connectivity index (χ1v) is 8.31. The van der Waals surface area contributed by atoms with Crippen LogP contribution in [0.5, 0.6) is 5.75 Å². The van der Waals surface area contributed by atoms with Crippen LogP contribution in [0, 0.1) is 0 Å². The molecule has 0 aliphatic carbocycles. The molecule has 2 fully saturated rings. The van der Waals surface area contributed by atoms with Gasteiger partial charge in [0.25, 0.3) is 5.91 Å². The van der Waals surface area contributed by atoms with Crippen molar-refractivity contribution in [1.29, 1.82) is 0 Å². The molecule has 2 aliphatic heterocycles. The van der Waals surface area contributed by atoms with Crippen LogP contribution >= 0.6 is 0 Å². The summed E-state index contributed by atoms with van der Waals surface area (Å²) >= 11 is 0. The highest BCUT2D eigenvalue weighted by atomic mass is 16.5. The predicted octanol–water partition coefficient (Wildman–Crippen LogP) is -0.141. The van der Waals surface area contributed by atoms with E-state index in [0.717, 1.165) is 5.69 Å². The van der Waals surface area contributed by atoms with Gasteiger partial charge >= 0.3 is 6.03 Å². The molecular weight excluding hydrogens is 340 g/mol. The molecular formula is C17H20N4O5. The van der Waals surface area contributed by atoms with Gasteiger partial charge in [-0.05, 0) is 30.7 Å². The lowest BCUT2D eigenvalue weighted by molar-refractivity contribution is -0.137. The smallest absolute Gasteiger partial charge is 0.322 e. The van der Waals surface area contributed by atoms with Gasteiger partial charge in [0.2, 0.25) is 11.8 Å². The Morgan fingerprint density at radius 3 is 2.50 bits per heavy atom. The van der Waals surface area contributed by atoms with Crippen LogP contribution in [0.15, 0.2) is 24.3 Å². The Kier molecular flexibility index (Phi) is 5.06. The largest absolute Gasteiger partial charge is 0.497 e. The van der Waals surface area contributed by atoms with Crippen molar-refractivity contribution in [2.45, 2.75) is 18.9 Å². The van der Waals surface area contributed by atoms with Gasteiger partial charge < -0.3 is 19.9 Å². The van der Waals surface area contributed by atoms with Gasteiger partial charge in [0.05, 0.1) is 7.11 Å². The van der Waals surface area contributed by atoms with E-state index >= 15 is 0 Å². The molecule has 1 aromatic carbocycles. The maximum Gasteiger partial charge on any atom is 0.322 e. The van der Waals surface area contributed by atoms with Crippen LogP contribution in [-0.2, 0) is 14.4 Å². The average molecular weight is 360 g/mol. The fourth-order valence-corrected chi connectivity index (χ4v) is 3.01. The number of rotatable bonds is 5. The predicted molar refractivity (Wildman–Crippen MR) is 91.6 cm³/mol. The summed E-state index contributed by atoms with van der Waals surface area (Å²) in [7, 11) is 1.57. The van der Waals surface area contributed by atoms with E-state index in [1.807, 2.05) is 0 Å². The van der Waals surface area contributed by atoms with Crippen molar-refractivity contribution in [3.63, 3.8) is 0 Å². The second-order valence-electron chi connectivity index (χ2n) is 6.11. The number of amides is 5. The minimum Gasteiger partial charge on any atom is -0.497 e. The zero-order chi connectivity index (χ0) is 18.7. The van der Waals surface area contributed by atoms with Crippen LogP contribution in [0.2, 0.25) is 0 Å². The average Bonchev–Trinajstić information content (AvgIpc) is 2.97. The molecule has 2 heterocycles. The second kappa shape index (κ2) is 7.42. The Bertz CT molecular complexity index is 733. The summed E-state index contributed by atoms with van der Waals surface area (Å²) in [5, 5.41) is 4.58. The summed E-state index contributed by atoms with van der Waals surface area (Å²) in [6, 6.07) is 5.92. The van der Waals surface area contributed by atoms with E-state index in [0.29, 0.717) is 18.8 Å². The van der Waals surface area contributed by atoms with Crippen LogP contribution < -0.4 is 20.3 Å². The zero-order valence-corrected chi connectivity index (χ0v) is 14.4. The number of nitrogens with one attached hydrogen (secondary N) is 2. The first-order chi connectivity index (χ1) is 12.5. The number of piperazine rings is 1. The molecule has 0 saturated carbocycles. The van der Waals surface area contributed by atoms with Crippen molar-refractivity contribution in [3.8, 4) is 5.75 Å². The lowest BCUT2D eigenvalue weighted by Gasteiger charge is -2.34. The lowest BCUT2D eigenvalue weighted by Crippen LogP contribution is -2.52. The van der Waals surface area contributed by atoms with Crippen molar-refractivity contribution < 1.29 is 23.9 Å². The van der Waals surface area contributed by atoms with Gasteiger partial charge in [0.1, 0.15) is 18.3 Å². The summed E-state index contributed by atoms with van der Waals surface area (Å²) in [6.07, 6.45) is 0.303. The van der Waals surface area contributed by atoms with Crippen LogP contribution in [0.3, 0.4) is 0 Å². The summed E-state index contributed by atoms with van der Waals surface area (Å²) in [5.41, 5.74) is 0.758. The van der Waals surface area contributed by atoms with Gasteiger partial charge in [0.15, 0.2) is 0 Å². The Morgan fingerprint density at radius 1 is 1.19 bits per heavy atom. The molecule has 9 nitrogen and oxygen atoms in total. The van der Waals surface area contributed by atoms with E-state index in [4.69, 9.17) is 4.74 Å². The third-order valence-corrected chi connectivity index (χ3v) is 4.46. The Balaban J connectivity index is 1.52. The SMILES string of the molecule is COc1ccc(N2CCN(C(=O)CC[C@@H]3NC(=O)NC3=O)CC2=O)cc1. The van der Waals surface area contributed by atoms with Crippen molar-refractivity contribution in [1.82, 2.24) is 15.5 Å². The first-order valence-electron chi connectivity index (χ1n) is 8.31. The summed E-state index contributed by atoms with van der Waals surface area (Å²) in [4.78, 5) is 50.4. The number of nitrogens with zero attached hydrogens (tertiary/aromatic N) is 2. The van der Waals surface area contributed by atoms with Crippen LogP contribution in [0.4, 0.5) is 10.5 Å². The normalized spacial score (nSPS) is 20.0. The highest BCUT2D eigenvalue weighted by Gasteiger charge is 2.32. The monoisotopic (exact) mass is 360 g/mol. The van der Waals surface area contributed by atoms with Crippen LogP contribution in [-0.4, -0.2) is 61.4 Å². The molecule has 138 valence electrons. The molecule has 0 aromatic heterocycles. The number of carbonyl (C=O) groups is 4. The number of anilines is 1. The van der Waals surface area contributed by atoms with Crippen LogP contribution in [0.1, 0.15) is 12.8 Å². The zero-order valence-electron chi connectivity index (χ0n) is 14.4. The number of ether oxygens (including phenoxy) is 1. The second-order valence-corrected chi connectivity index (χ2v) is 6.11. The third-order valence-electron chi connectivity index (χ3n) is 4.46. The van der Waals surface area contributed by atoms with Crippen molar-refractivity contribution in [2.24, 2.45) is 0 Å². The van der Waals surface area contributed by atoms with Gasteiger partial charge in [-0.2, -0.15) is 0 Å².